The number of H-pyrrole nitrogens is 1. The Hall–Kier alpha value is -2.79. The molecule has 0 atom stereocenters. The van der Waals surface area contributed by atoms with Crippen LogP contribution in [0.5, 0.6) is 5.75 Å². The highest BCUT2D eigenvalue weighted by atomic mass is 32.2. The third kappa shape index (κ3) is 3.73. The first-order chi connectivity index (χ1) is 12.8. The molecule has 130 valence electrons. The van der Waals surface area contributed by atoms with E-state index in [1.165, 1.54) is 16.3 Å². The molecule has 0 unspecified atom stereocenters. The second-order valence-corrected chi connectivity index (χ2v) is 6.99. The summed E-state index contributed by atoms with van der Waals surface area (Å²) in [4.78, 5) is 4.52. The first-order valence-electron chi connectivity index (χ1n) is 8.49. The van der Waals surface area contributed by atoms with E-state index in [4.69, 9.17) is 4.74 Å². The molecule has 1 aromatic heterocycles. The SMILES string of the molecule is Cc1ccccc1OCc1nc(SCc2cccc3ccccc23)n[nH]1. The lowest BCUT2D eigenvalue weighted by Crippen LogP contribution is -1.98. The molecular weight excluding hydrogens is 342 g/mol. The number of para-hydroxylation sites is 1. The second-order valence-electron chi connectivity index (χ2n) is 6.05. The molecule has 4 aromatic rings. The third-order valence-electron chi connectivity index (χ3n) is 4.21. The maximum Gasteiger partial charge on any atom is 0.208 e. The summed E-state index contributed by atoms with van der Waals surface area (Å²) in [6, 6.07) is 22.8. The van der Waals surface area contributed by atoms with Crippen molar-refractivity contribution >= 4 is 22.5 Å². The molecule has 26 heavy (non-hydrogen) atoms. The number of hydrogen-bond acceptors (Lipinski definition) is 4. The number of benzene rings is 3. The fourth-order valence-corrected chi connectivity index (χ4v) is 3.65. The van der Waals surface area contributed by atoms with Gasteiger partial charge in [-0.1, -0.05) is 72.4 Å². The monoisotopic (exact) mass is 361 g/mol. The van der Waals surface area contributed by atoms with Crippen molar-refractivity contribution in [3.05, 3.63) is 83.7 Å². The molecule has 4 nitrogen and oxygen atoms in total. The summed E-state index contributed by atoms with van der Waals surface area (Å²) in [5.41, 5.74) is 2.40. The van der Waals surface area contributed by atoms with Gasteiger partial charge in [0.1, 0.15) is 12.4 Å². The Morgan fingerprint density at radius 1 is 0.962 bits per heavy atom. The van der Waals surface area contributed by atoms with Crippen molar-refractivity contribution in [3.63, 3.8) is 0 Å². The van der Waals surface area contributed by atoms with Crippen LogP contribution >= 0.6 is 11.8 Å². The average Bonchev–Trinajstić information content (AvgIpc) is 3.13. The van der Waals surface area contributed by atoms with Crippen molar-refractivity contribution < 1.29 is 4.74 Å². The fourth-order valence-electron chi connectivity index (χ4n) is 2.83. The van der Waals surface area contributed by atoms with E-state index in [1.54, 1.807) is 11.8 Å². The number of ether oxygens (including phenoxy) is 1. The normalized spacial score (nSPS) is 11.0. The Bertz CT molecular complexity index is 1020. The number of rotatable bonds is 6. The maximum absolute atomic E-state index is 5.81. The Kier molecular flexibility index (Phi) is 4.88. The smallest absolute Gasteiger partial charge is 0.208 e. The summed E-state index contributed by atoms with van der Waals surface area (Å²) in [6.07, 6.45) is 0. The van der Waals surface area contributed by atoms with E-state index in [2.05, 4.69) is 57.6 Å². The Labute approximate surface area is 156 Å². The van der Waals surface area contributed by atoms with E-state index in [1.807, 2.05) is 31.2 Å². The highest BCUT2D eigenvalue weighted by Crippen LogP contribution is 2.25. The van der Waals surface area contributed by atoms with Crippen LogP contribution in [0.25, 0.3) is 10.8 Å². The number of hydrogen-bond donors (Lipinski definition) is 1. The molecule has 0 bridgehead atoms. The summed E-state index contributed by atoms with van der Waals surface area (Å²) in [5, 5.41) is 10.5. The van der Waals surface area contributed by atoms with Gasteiger partial charge in [-0.2, -0.15) is 0 Å². The summed E-state index contributed by atoms with van der Waals surface area (Å²) >= 11 is 1.62. The molecule has 0 aliphatic heterocycles. The largest absolute Gasteiger partial charge is 0.485 e. The summed E-state index contributed by atoms with van der Waals surface area (Å²) in [7, 11) is 0. The van der Waals surface area contributed by atoms with Gasteiger partial charge in [-0.15, -0.1) is 5.10 Å². The minimum Gasteiger partial charge on any atom is -0.485 e. The van der Waals surface area contributed by atoms with Gasteiger partial charge in [0.2, 0.25) is 5.16 Å². The van der Waals surface area contributed by atoms with Gasteiger partial charge in [0.05, 0.1) is 0 Å². The number of nitrogens with one attached hydrogen (secondary N) is 1. The Morgan fingerprint density at radius 2 is 1.77 bits per heavy atom. The van der Waals surface area contributed by atoms with Crippen LogP contribution in [-0.4, -0.2) is 15.2 Å². The van der Waals surface area contributed by atoms with Crippen LogP contribution in [0, 0.1) is 6.92 Å². The lowest BCUT2D eigenvalue weighted by atomic mass is 10.1. The second kappa shape index (κ2) is 7.62. The molecule has 0 fully saturated rings. The number of aryl methyl sites for hydroxylation is 1. The van der Waals surface area contributed by atoms with Crippen molar-refractivity contribution in [1.82, 2.24) is 15.2 Å². The van der Waals surface area contributed by atoms with E-state index in [0.717, 1.165) is 28.0 Å². The number of aromatic nitrogens is 3. The molecule has 1 N–H and O–H groups in total. The van der Waals surface area contributed by atoms with E-state index in [9.17, 15) is 0 Å². The average molecular weight is 361 g/mol. The predicted molar refractivity (Wildman–Crippen MR) is 105 cm³/mol. The van der Waals surface area contributed by atoms with Gasteiger partial charge in [0.25, 0.3) is 0 Å². The van der Waals surface area contributed by atoms with Crippen LogP contribution in [0.3, 0.4) is 0 Å². The lowest BCUT2D eigenvalue weighted by molar-refractivity contribution is 0.294. The molecule has 1 heterocycles. The molecule has 4 rings (SSSR count). The van der Waals surface area contributed by atoms with E-state index in [-0.39, 0.29) is 0 Å². The van der Waals surface area contributed by atoms with Crippen LogP contribution in [-0.2, 0) is 12.4 Å². The molecule has 0 amide bonds. The van der Waals surface area contributed by atoms with Gasteiger partial charge in [-0.3, -0.25) is 5.10 Å². The zero-order chi connectivity index (χ0) is 17.8. The lowest BCUT2D eigenvalue weighted by Gasteiger charge is -2.06. The summed E-state index contributed by atoms with van der Waals surface area (Å²) in [5.74, 6) is 2.43. The Balaban J connectivity index is 1.40. The quantitative estimate of drug-likeness (QED) is 0.483. The maximum atomic E-state index is 5.81. The first-order valence-corrected chi connectivity index (χ1v) is 9.47. The van der Waals surface area contributed by atoms with Crippen molar-refractivity contribution in [1.29, 1.82) is 0 Å². The fraction of sp³-hybridized carbons (Fsp3) is 0.143. The Morgan fingerprint density at radius 3 is 2.69 bits per heavy atom. The standard InChI is InChI=1S/C21H19N3OS/c1-15-7-2-5-12-19(15)25-13-20-22-21(24-23-20)26-14-17-10-6-9-16-8-3-4-11-18(16)17/h2-12H,13-14H2,1H3,(H,22,23,24). The molecule has 0 saturated heterocycles. The zero-order valence-corrected chi connectivity index (χ0v) is 15.3. The van der Waals surface area contributed by atoms with Gasteiger partial charge < -0.3 is 4.74 Å². The van der Waals surface area contributed by atoms with Gasteiger partial charge in [0.15, 0.2) is 5.82 Å². The topological polar surface area (TPSA) is 50.8 Å². The van der Waals surface area contributed by atoms with Crippen LogP contribution < -0.4 is 4.74 Å². The molecule has 0 saturated carbocycles. The van der Waals surface area contributed by atoms with E-state index in [0.29, 0.717) is 6.61 Å². The number of nitrogens with zero attached hydrogens (tertiary/aromatic N) is 2. The molecule has 3 aromatic carbocycles. The molecule has 5 heteroatoms. The van der Waals surface area contributed by atoms with Gasteiger partial charge >= 0.3 is 0 Å². The minimum absolute atomic E-state index is 0.382. The molecule has 0 spiro atoms. The number of fused-ring (bicyclic) bond motifs is 1. The van der Waals surface area contributed by atoms with Crippen molar-refractivity contribution in [3.8, 4) is 5.75 Å². The number of thioether (sulfide) groups is 1. The predicted octanol–water partition coefficient (Wildman–Crippen LogP) is 5.14. The zero-order valence-electron chi connectivity index (χ0n) is 14.5. The summed E-state index contributed by atoms with van der Waals surface area (Å²) < 4.78 is 5.81. The first kappa shape index (κ1) is 16.7. The van der Waals surface area contributed by atoms with Crippen LogP contribution in [0.15, 0.2) is 71.9 Å². The van der Waals surface area contributed by atoms with Crippen molar-refractivity contribution in [2.45, 2.75) is 24.4 Å². The van der Waals surface area contributed by atoms with E-state index < -0.39 is 0 Å². The van der Waals surface area contributed by atoms with Gasteiger partial charge in [-0.05, 0) is 34.9 Å². The molecule has 0 radical (unpaired) electrons. The molecular formula is C21H19N3OS. The minimum atomic E-state index is 0.382. The molecule has 0 aliphatic carbocycles. The van der Waals surface area contributed by atoms with Gasteiger partial charge in [0, 0.05) is 5.75 Å². The van der Waals surface area contributed by atoms with Crippen LogP contribution in [0.2, 0.25) is 0 Å². The van der Waals surface area contributed by atoms with Crippen LogP contribution in [0.1, 0.15) is 17.0 Å². The van der Waals surface area contributed by atoms with Crippen molar-refractivity contribution in [2.75, 3.05) is 0 Å². The summed E-state index contributed by atoms with van der Waals surface area (Å²) in [6.45, 7) is 2.41. The highest BCUT2D eigenvalue weighted by Gasteiger charge is 2.07. The van der Waals surface area contributed by atoms with E-state index >= 15 is 0 Å². The van der Waals surface area contributed by atoms with Gasteiger partial charge in [-0.25, -0.2) is 4.98 Å². The highest BCUT2D eigenvalue weighted by molar-refractivity contribution is 7.98. The molecule has 0 aliphatic rings. The third-order valence-corrected chi connectivity index (χ3v) is 5.10. The van der Waals surface area contributed by atoms with Crippen LogP contribution in [0.4, 0.5) is 0 Å². The number of aromatic amines is 1. The van der Waals surface area contributed by atoms with Crippen molar-refractivity contribution in [2.24, 2.45) is 0 Å².